The first-order valence-electron chi connectivity index (χ1n) is 13.4. The summed E-state index contributed by atoms with van der Waals surface area (Å²) in [5.74, 6) is 0.697. The van der Waals surface area contributed by atoms with Gasteiger partial charge in [-0.05, 0) is 80.2 Å². The van der Waals surface area contributed by atoms with Gasteiger partial charge in [0.2, 0.25) is 5.91 Å². The molecule has 3 aromatic rings. The molecule has 0 saturated heterocycles. The molecule has 2 aromatic heterocycles. The number of anilines is 1. The summed E-state index contributed by atoms with van der Waals surface area (Å²) in [7, 11) is 1.56. The molecule has 0 radical (unpaired) electrons. The van der Waals surface area contributed by atoms with Gasteiger partial charge in [-0.25, -0.2) is 9.78 Å². The van der Waals surface area contributed by atoms with Gasteiger partial charge in [0.1, 0.15) is 11.9 Å². The van der Waals surface area contributed by atoms with Gasteiger partial charge in [0.05, 0.1) is 5.69 Å². The fourth-order valence-electron chi connectivity index (χ4n) is 5.44. The number of pyridine rings is 2. The Morgan fingerprint density at radius 3 is 2.42 bits per heavy atom. The molecule has 0 atom stereocenters. The van der Waals surface area contributed by atoms with Crippen LogP contribution < -0.4 is 16.4 Å². The summed E-state index contributed by atoms with van der Waals surface area (Å²) in [6.45, 7) is 0. The fourth-order valence-corrected chi connectivity index (χ4v) is 5.44. The van der Waals surface area contributed by atoms with Crippen LogP contribution in [0.5, 0.6) is 0 Å². The molecule has 2 aliphatic carbocycles. The summed E-state index contributed by atoms with van der Waals surface area (Å²) in [5, 5.41) is 5.47. The van der Waals surface area contributed by atoms with Crippen molar-refractivity contribution in [2.45, 2.75) is 63.0 Å². The van der Waals surface area contributed by atoms with Crippen LogP contribution in [0.1, 0.15) is 56.9 Å². The molecule has 5 rings (SSSR count). The lowest BCUT2D eigenvalue weighted by atomic mass is 9.72. The molecule has 38 heavy (non-hydrogen) atoms. The Kier molecular flexibility index (Phi) is 7.69. The van der Waals surface area contributed by atoms with E-state index in [-0.39, 0.29) is 23.5 Å². The van der Waals surface area contributed by atoms with Crippen LogP contribution in [0, 0.1) is 5.92 Å². The van der Waals surface area contributed by atoms with Gasteiger partial charge in [0.15, 0.2) is 0 Å². The zero-order valence-corrected chi connectivity index (χ0v) is 21.8. The third-order valence-corrected chi connectivity index (χ3v) is 7.87. The van der Waals surface area contributed by atoms with Crippen molar-refractivity contribution in [1.29, 1.82) is 0 Å². The van der Waals surface area contributed by atoms with Crippen LogP contribution >= 0.6 is 0 Å². The summed E-state index contributed by atoms with van der Waals surface area (Å²) in [6, 6.07) is 16.1. The number of hydrogen-bond acceptors (Lipinski definition) is 6. The van der Waals surface area contributed by atoms with Gasteiger partial charge in [0, 0.05) is 42.5 Å². The zero-order chi connectivity index (χ0) is 26.5. The molecule has 2 fully saturated rings. The van der Waals surface area contributed by atoms with Crippen molar-refractivity contribution in [3.63, 3.8) is 0 Å². The third-order valence-electron chi connectivity index (χ3n) is 7.87. The number of carbonyl (C=O) groups excluding carboxylic acids is 2. The molecule has 2 aliphatic rings. The van der Waals surface area contributed by atoms with Crippen LogP contribution in [0.15, 0.2) is 60.9 Å². The second-order valence-electron chi connectivity index (χ2n) is 10.5. The number of amides is 2. The summed E-state index contributed by atoms with van der Waals surface area (Å²) >= 11 is 0. The first kappa shape index (κ1) is 25.9. The van der Waals surface area contributed by atoms with Crippen molar-refractivity contribution >= 4 is 17.8 Å². The number of nitrogens with zero attached hydrogens (tertiary/aromatic N) is 2. The molecule has 2 amide bonds. The summed E-state index contributed by atoms with van der Waals surface area (Å²) < 4.78 is 5.35. The van der Waals surface area contributed by atoms with Crippen molar-refractivity contribution in [3.8, 4) is 22.4 Å². The first-order valence-corrected chi connectivity index (χ1v) is 13.4. The highest BCUT2D eigenvalue weighted by Gasteiger charge is 2.34. The summed E-state index contributed by atoms with van der Waals surface area (Å²) in [6.07, 6.45) is 9.95. The number of aromatic nitrogens is 2. The molecule has 198 valence electrons. The van der Waals surface area contributed by atoms with Crippen molar-refractivity contribution < 1.29 is 14.3 Å². The van der Waals surface area contributed by atoms with Crippen LogP contribution in [0.2, 0.25) is 0 Å². The predicted octanol–water partition coefficient (Wildman–Crippen LogP) is 5.39. The molecule has 8 heteroatoms. The lowest BCUT2D eigenvalue weighted by Crippen LogP contribution is -2.43. The molecule has 2 heterocycles. The van der Waals surface area contributed by atoms with E-state index in [1.807, 2.05) is 24.3 Å². The number of ether oxygens (including phenoxy) is 1. The molecule has 2 saturated carbocycles. The molecule has 0 aliphatic heterocycles. The quantitative estimate of drug-likeness (QED) is 0.390. The first-order chi connectivity index (χ1) is 18.4. The fraction of sp³-hybridized carbons (Fsp3) is 0.400. The van der Waals surface area contributed by atoms with E-state index in [1.165, 1.54) is 6.42 Å². The average Bonchev–Trinajstić information content (AvgIpc) is 2.93. The third kappa shape index (κ3) is 5.86. The number of nitrogens with two attached hydrogens (primary N) is 1. The van der Waals surface area contributed by atoms with E-state index in [2.05, 4.69) is 44.9 Å². The normalized spacial score (nSPS) is 20.2. The standard InChI is InChI=1S/C30H35N5O3/c1-32-29(37)38-23-12-6-20(7-13-23)17-28(36)35-27-18-24(26-5-2-3-16-33-26)25(19-34-27)21-8-10-22(11-9-21)30(31)14-4-15-30/h2-3,5,8-11,16,18-20,23H,4,6-7,12-15,17,31H2,1H3,(H,32,37)(H,34,35,36). The smallest absolute Gasteiger partial charge is 0.407 e. The van der Waals surface area contributed by atoms with Gasteiger partial charge in [-0.15, -0.1) is 0 Å². The van der Waals surface area contributed by atoms with Crippen molar-refractivity contribution in [2.24, 2.45) is 11.7 Å². The molecular formula is C30H35N5O3. The Morgan fingerprint density at radius 2 is 1.79 bits per heavy atom. The number of alkyl carbamates (subject to hydrolysis) is 1. The zero-order valence-electron chi connectivity index (χ0n) is 21.8. The molecular weight excluding hydrogens is 478 g/mol. The van der Waals surface area contributed by atoms with Crippen LogP contribution in [-0.2, 0) is 15.1 Å². The van der Waals surface area contributed by atoms with E-state index in [4.69, 9.17) is 10.5 Å². The number of benzene rings is 1. The highest BCUT2D eigenvalue weighted by atomic mass is 16.6. The molecule has 0 unspecified atom stereocenters. The van der Waals surface area contributed by atoms with Crippen LogP contribution in [-0.4, -0.2) is 35.1 Å². The number of rotatable bonds is 7. The van der Waals surface area contributed by atoms with Gasteiger partial charge in [-0.2, -0.15) is 0 Å². The summed E-state index contributed by atoms with van der Waals surface area (Å²) in [4.78, 5) is 33.5. The summed E-state index contributed by atoms with van der Waals surface area (Å²) in [5.41, 5.74) is 11.2. The van der Waals surface area contributed by atoms with Gasteiger partial charge in [0.25, 0.3) is 0 Å². The van der Waals surface area contributed by atoms with Crippen LogP contribution in [0.3, 0.4) is 0 Å². The molecule has 0 spiro atoms. The van der Waals surface area contributed by atoms with Gasteiger partial charge >= 0.3 is 6.09 Å². The molecule has 8 nitrogen and oxygen atoms in total. The minimum absolute atomic E-state index is 0.0639. The maximum Gasteiger partial charge on any atom is 0.407 e. The van der Waals surface area contributed by atoms with E-state index in [9.17, 15) is 9.59 Å². The lowest BCUT2D eigenvalue weighted by molar-refractivity contribution is -0.117. The average molecular weight is 514 g/mol. The number of nitrogens with one attached hydrogen (secondary N) is 2. The Hall–Kier alpha value is -3.78. The van der Waals surface area contributed by atoms with E-state index >= 15 is 0 Å². The Labute approximate surface area is 223 Å². The van der Waals surface area contributed by atoms with E-state index in [0.29, 0.717) is 12.2 Å². The van der Waals surface area contributed by atoms with E-state index in [1.54, 1.807) is 19.4 Å². The second kappa shape index (κ2) is 11.3. The maximum atomic E-state index is 12.9. The minimum Gasteiger partial charge on any atom is -0.446 e. The minimum atomic E-state index is -0.401. The Morgan fingerprint density at radius 1 is 1.03 bits per heavy atom. The van der Waals surface area contributed by atoms with Gasteiger partial charge in [-0.1, -0.05) is 30.3 Å². The molecule has 0 bridgehead atoms. The monoisotopic (exact) mass is 513 g/mol. The SMILES string of the molecule is CNC(=O)OC1CCC(CC(=O)Nc2cc(-c3ccccn3)c(-c3ccc(C4(N)CCC4)cc3)cn2)CC1. The maximum absolute atomic E-state index is 12.9. The van der Waals surface area contributed by atoms with Crippen molar-refractivity contribution in [1.82, 2.24) is 15.3 Å². The topological polar surface area (TPSA) is 119 Å². The molecule has 1 aromatic carbocycles. The highest BCUT2D eigenvalue weighted by Crippen LogP contribution is 2.40. The Bertz CT molecular complexity index is 1270. The van der Waals surface area contributed by atoms with E-state index < -0.39 is 6.09 Å². The second-order valence-corrected chi connectivity index (χ2v) is 10.5. The lowest BCUT2D eigenvalue weighted by Gasteiger charge is -2.38. The number of carbonyl (C=O) groups is 2. The Balaban J connectivity index is 1.29. The van der Waals surface area contributed by atoms with Crippen LogP contribution in [0.25, 0.3) is 22.4 Å². The number of hydrogen-bond donors (Lipinski definition) is 3. The van der Waals surface area contributed by atoms with Crippen molar-refractivity contribution in [3.05, 3.63) is 66.5 Å². The van der Waals surface area contributed by atoms with Gasteiger partial charge < -0.3 is 21.1 Å². The highest BCUT2D eigenvalue weighted by molar-refractivity contribution is 5.92. The predicted molar refractivity (Wildman–Crippen MR) is 147 cm³/mol. The van der Waals surface area contributed by atoms with E-state index in [0.717, 1.165) is 66.5 Å². The largest absolute Gasteiger partial charge is 0.446 e. The van der Waals surface area contributed by atoms with Crippen molar-refractivity contribution in [2.75, 3.05) is 12.4 Å². The van der Waals surface area contributed by atoms with Gasteiger partial charge in [-0.3, -0.25) is 9.78 Å². The molecule has 4 N–H and O–H groups in total. The van der Waals surface area contributed by atoms with Crippen LogP contribution in [0.4, 0.5) is 10.6 Å².